The first-order valence-electron chi connectivity index (χ1n) is 6.67. The first-order valence-corrected chi connectivity index (χ1v) is 6.67. The van der Waals surface area contributed by atoms with E-state index in [1.54, 1.807) is 25.1 Å². The summed E-state index contributed by atoms with van der Waals surface area (Å²) in [6.07, 6.45) is 5.27. The molecule has 1 aromatic carbocycles. The quantitative estimate of drug-likeness (QED) is 0.670. The maximum absolute atomic E-state index is 11.1. The van der Waals surface area contributed by atoms with Gasteiger partial charge in [-0.1, -0.05) is 31.4 Å². The third kappa shape index (κ3) is 3.23. The van der Waals surface area contributed by atoms with E-state index < -0.39 is 4.92 Å². The summed E-state index contributed by atoms with van der Waals surface area (Å²) in [5.74, 6) is 0.320. The Balaban J connectivity index is 2.11. The number of hydrogen-bond donors (Lipinski definition) is 1. The van der Waals surface area contributed by atoms with E-state index in [1.165, 1.54) is 6.42 Å². The van der Waals surface area contributed by atoms with Gasteiger partial charge in [0.25, 0.3) is 0 Å². The van der Waals surface area contributed by atoms with Gasteiger partial charge in [-0.3, -0.25) is 10.1 Å². The summed E-state index contributed by atoms with van der Waals surface area (Å²) in [7, 11) is 0. The summed E-state index contributed by atoms with van der Waals surface area (Å²) >= 11 is 0. The van der Waals surface area contributed by atoms with Crippen LogP contribution in [0.5, 0.6) is 5.75 Å². The van der Waals surface area contributed by atoms with Crippen LogP contribution in [0.2, 0.25) is 0 Å². The summed E-state index contributed by atoms with van der Waals surface area (Å²) < 4.78 is 5.66. The minimum Gasteiger partial charge on any atom is -0.485 e. The van der Waals surface area contributed by atoms with Gasteiger partial charge in [0.2, 0.25) is 0 Å². The van der Waals surface area contributed by atoms with Gasteiger partial charge in [0, 0.05) is 5.56 Å². The van der Waals surface area contributed by atoms with Crippen LogP contribution in [0.1, 0.15) is 37.7 Å². The van der Waals surface area contributed by atoms with Gasteiger partial charge in [0.05, 0.1) is 10.5 Å². The number of nitro groups is 1. The van der Waals surface area contributed by atoms with Gasteiger partial charge in [0.15, 0.2) is 5.75 Å². The molecule has 0 bridgehead atoms. The lowest BCUT2D eigenvalue weighted by atomic mass is 9.83. The van der Waals surface area contributed by atoms with Gasteiger partial charge >= 0.3 is 5.69 Å². The Labute approximate surface area is 112 Å². The zero-order valence-corrected chi connectivity index (χ0v) is 11.2. The highest BCUT2D eigenvalue weighted by atomic mass is 16.6. The minimum absolute atomic E-state index is 0.0434. The molecule has 0 amide bonds. The molecule has 0 aromatic heterocycles. The zero-order valence-electron chi connectivity index (χ0n) is 11.2. The average Bonchev–Trinajstić information content (AvgIpc) is 2.37. The molecular formula is C14H20N2O3. The van der Waals surface area contributed by atoms with Crippen LogP contribution in [0, 0.1) is 17.0 Å². The van der Waals surface area contributed by atoms with Crippen molar-refractivity contribution in [3.63, 3.8) is 0 Å². The molecule has 1 saturated carbocycles. The number of hydrogen-bond acceptors (Lipinski definition) is 4. The molecule has 0 unspecified atom stereocenters. The maximum atomic E-state index is 11.1. The van der Waals surface area contributed by atoms with Gasteiger partial charge in [-0.25, -0.2) is 0 Å². The minimum atomic E-state index is -0.394. The van der Waals surface area contributed by atoms with Crippen LogP contribution in [0.15, 0.2) is 18.2 Å². The van der Waals surface area contributed by atoms with Crippen molar-refractivity contribution in [2.75, 3.05) is 6.61 Å². The molecule has 1 aliphatic carbocycles. The smallest absolute Gasteiger partial charge is 0.313 e. The highest BCUT2D eigenvalue weighted by Crippen LogP contribution is 2.32. The number of benzene rings is 1. The summed E-state index contributed by atoms with van der Waals surface area (Å²) in [5.41, 5.74) is 6.59. The molecule has 5 heteroatoms. The first kappa shape index (κ1) is 13.8. The molecule has 0 heterocycles. The summed E-state index contributed by atoms with van der Waals surface area (Å²) in [6, 6.07) is 5.11. The Hall–Kier alpha value is -1.62. The molecule has 5 nitrogen and oxygen atoms in total. The van der Waals surface area contributed by atoms with E-state index in [0.717, 1.165) is 25.7 Å². The van der Waals surface area contributed by atoms with Crippen LogP contribution >= 0.6 is 0 Å². The molecule has 0 aliphatic heterocycles. The molecule has 1 aliphatic rings. The van der Waals surface area contributed by atoms with E-state index in [-0.39, 0.29) is 11.2 Å². The monoisotopic (exact) mass is 264 g/mol. The highest BCUT2D eigenvalue weighted by Gasteiger charge is 2.29. The molecule has 0 spiro atoms. The van der Waals surface area contributed by atoms with Gasteiger partial charge in [-0.15, -0.1) is 0 Å². The van der Waals surface area contributed by atoms with Crippen molar-refractivity contribution in [3.05, 3.63) is 33.9 Å². The third-order valence-corrected chi connectivity index (χ3v) is 3.75. The van der Waals surface area contributed by atoms with Gasteiger partial charge in [-0.2, -0.15) is 0 Å². The standard InChI is InChI=1S/C14H20N2O3/c1-11-6-5-7-12(13(11)16(17)18)19-10-14(15)8-3-2-4-9-14/h5-7H,2-4,8-10,15H2,1H3. The van der Waals surface area contributed by atoms with Crippen molar-refractivity contribution in [2.24, 2.45) is 5.73 Å². The van der Waals surface area contributed by atoms with E-state index >= 15 is 0 Å². The number of nitrogens with zero attached hydrogens (tertiary/aromatic N) is 1. The number of para-hydroxylation sites is 1. The lowest BCUT2D eigenvalue weighted by Crippen LogP contribution is -2.47. The van der Waals surface area contributed by atoms with E-state index in [4.69, 9.17) is 10.5 Å². The maximum Gasteiger partial charge on any atom is 0.313 e. The SMILES string of the molecule is Cc1cccc(OCC2(N)CCCCC2)c1[N+](=O)[O-]. The first-order chi connectivity index (χ1) is 9.02. The van der Waals surface area contributed by atoms with Gasteiger partial charge in [0.1, 0.15) is 6.61 Å². The fraction of sp³-hybridized carbons (Fsp3) is 0.571. The lowest BCUT2D eigenvalue weighted by Gasteiger charge is -2.32. The highest BCUT2D eigenvalue weighted by molar-refractivity contribution is 5.52. The molecule has 2 rings (SSSR count). The van der Waals surface area contributed by atoms with Crippen LogP contribution in [-0.4, -0.2) is 17.1 Å². The number of rotatable bonds is 4. The zero-order chi connectivity index (χ0) is 13.9. The van der Waals surface area contributed by atoms with Crippen molar-refractivity contribution < 1.29 is 9.66 Å². The van der Waals surface area contributed by atoms with Crippen molar-refractivity contribution in [1.82, 2.24) is 0 Å². The third-order valence-electron chi connectivity index (χ3n) is 3.75. The summed E-state index contributed by atoms with van der Waals surface area (Å²) in [5, 5.41) is 11.1. The van der Waals surface area contributed by atoms with E-state index in [0.29, 0.717) is 17.9 Å². The predicted octanol–water partition coefficient (Wildman–Crippen LogP) is 2.94. The average molecular weight is 264 g/mol. The van der Waals surface area contributed by atoms with E-state index in [9.17, 15) is 10.1 Å². The topological polar surface area (TPSA) is 78.4 Å². The molecule has 0 atom stereocenters. The number of nitro benzene ring substituents is 1. The van der Waals surface area contributed by atoms with Crippen LogP contribution in [0.3, 0.4) is 0 Å². The Kier molecular flexibility index (Phi) is 4.04. The molecule has 1 aromatic rings. The predicted molar refractivity (Wildman–Crippen MR) is 73.3 cm³/mol. The molecule has 19 heavy (non-hydrogen) atoms. The Morgan fingerprint density at radius 3 is 2.68 bits per heavy atom. The van der Waals surface area contributed by atoms with Gasteiger partial charge < -0.3 is 10.5 Å². The van der Waals surface area contributed by atoms with Crippen LogP contribution in [0.4, 0.5) is 5.69 Å². The second-order valence-corrected chi connectivity index (χ2v) is 5.39. The Morgan fingerprint density at radius 2 is 2.05 bits per heavy atom. The molecule has 104 valence electrons. The number of ether oxygens (including phenoxy) is 1. The molecule has 0 radical (unpaired) electrons. The summed E-state index contributed by atoms with van der Waals surface area (Å²) in [6.45, 7) is 2.06. The molecule has 0 saturated heterocycles. The van der Waals surface area contributed by atoms with E-state index in [2.05, 4.69) is 0 Å². The second-order valence-electron chi connectivity index (χ2n) is 5.39. The summed E-state index contributed by atoms with van der Waals surface area (Å²) in [4.78, 5) is 10.7. The fourth-order valence-corrected chi connectivity index (χ4v) is 2.60. The molecule has 2 N–H and O–H groups in total. The van der Waals surface area contributed by atoms with Crippen molar-refractivity contribution >= 4 is 5.69 Å². The van der Waals surface area contributed by atoms with Crippen LogP contribution in [-0.2, 0) is 0 Å². The van der Waals surface area contributed by atoms with Crippen molar-refractivity contribution in [1.29, 1.82) is 0 Å². The van der Waals surface area contributed by atoms with Gasteiger partial charge in [-0.05, 0) is 25.8 Å². The number of nitrogens with two attached hydrogens (primary N) is 1. The molecule has 1 fully saturated rings. The largest absolute Gasteiger partial charge is 0.485 e. The lowest BCUT2D eigenvalue weighted by molar-refractivity contribution is -0.386. The Bertz CT molecular complexity index is 468. The van der Waals surface area contributed by atoms with Crippen LogP contribution in [0.25, 0.3) is 0 Å². The van der Waals surface area contributed by atoms with Crippen LogP contribution < -0.4 is 10.5 Å². The normalized spacial score (nSPS) is 18.0. The van der Waals surface area contributed by atoms with Crippen molar-refractivity contribution in [2.45, 2.75) is 44.6 Å². The Morgan fingerprint density at radius 1 is 1.37 bits per heavy atom. The van der Waals surface area contributed by atoms with Crippen molar-refractivity contribution in [3.8, 4) is 5.75 Å². The molecular weight excluding hydrogens is 244 g/mol. The second kappa shape index (κ2) is 5.57. The number of aryl methyl sites for hydroxylation is 1. The van der Waals surface area contributed by atoms with E-state index in [1.807, 2.05) is 0 Å². The fourth-order valence-electron chi connectivity index (χ4n) is 2.60.